The second-order valence-electron chi connectivity index (χ2n) is 4.47. The lowest BCUT2D eigenvalue weighted by Gasteiger charge is -2.16. The fourth-order valence-corrected chi connectivity index (χ4v) is 3.02. The van der Waals surface area contributed by atoms with Crippen molar-refractivity contribution in [3.63, 3.8) is 0 Å². The van der Waals surface area contributed by atoms with Gasteiger partial charge in [0.1, 0.15) is 0 Å². The summed E-state index contributed by atoms with van der Waals surface area (Å²) in [4.78, 5) is -0.351. The van der Waals surface area contributed by atoms with Crippen LogP contribution in [-0.2, 0) is 16.2 Å². The molecule has 0 bridgehead atoms. The molecule has 0 heterocycles. The summed E-state index contributed by atoms with van der Waals surface area (Å²) >= 11 is 0. The topological polar surface area (TPSA) is 58.2 Å². The highest BCUT2D eigenvalue weighted by Crippen LogP contribution is 2.34. The monoisotopic (exact) mass is 310 g/mol. The van der Waals surface area contributed by atoms with E-state index in [9.17, 15) is 21.6 Å². The first kappa shape index (κ1) is 16.9. The zero-order valence-corrected chi connectivity index (χ0v) is 12.2. The van der Waals surface area contributed by atoms with Crippen molar-refractivity contribution in [1.29, 1.82) is 0 Å². The molecule has 8 heteroatoms. The standard InChI is InChI=1S/C12H17F3N2O2S/c1-8(16-3)7-17-20(18,19)11-6-4-5-10(9(11)2)12(13,14)15/h4-6,8,16-17H,7H2,1-3H3. The van der Waals surface area contributed by atoms with E-state index in [0.29, 0.717) is 0 Å². The van der Waals surface area contributed by atoms with Crippen LogP contribution in [0.3, 0.4) is 0 Å². The van der Waals surface area contributed by atoms with Crippen LogP contribution in [-0.4, -0.2) is 28.1 Å². The van der Waals surface area contributed by atoms with Crippen LogP contribution in [0.5, 0.6) is 0 Å². The Hall–Kier alpha value is -1.12. The molecule has 0 saturated heterocycles. The van der Waals surface area contributed by atoms with Crippen molar-refractivity contribution in [2.75, 3.05) is 13.6 Å². The Morgan fingerprint density at radius 2 is 1.90 bits per heavy atom. The summed E-state index contributed by atoms with van der Waals surface area (Å²) in [6.07, 6.45) is -4.58. The molecule has 1 atom stereocenters. The van der Waals surface area contributed by atoms with Crippen LogP contribution in [0, 0.1) is 6.92 Å². The number of rotatable bonds is 5. The van der Waals surface area contributed by atoms with E-state index >= 15 is 0 Å². The van der Waals surface area contributed by atoms with E-state index in [4.69, 9.17) is 0 Å². The molecule has 0 radical (unpaired) electrons. The number of alkyl halides is 3. The Bertz CT molecular complexity index is 571. The number of halogens is 3. The lowest BCUT2D eigenvalue weighted by Crippen LogP contribution is -2.37. The Morgan fingerprint density at radius 1 is 1.30 bits per heavy atom. The molecule has 0 fully saturated rings. The van der Waals surface area contributed by atoms with Gasteiger partial charge in [-0.1, -0.05) is 6.07 Å². The maximum atomic E-state index is 12.8. The highest BCUT2D eigenvalue weighted by atomic mass is 32.2. The third-order valence-corrected chi connectivity index (χ3v) is 4.52. The van der Waals surface area contributed by atoms with Crippen molar-refractivity contribution in [3.05, 3.63) is 29.3 Å². The fraction of sp³-hybridized carbons (Fsp3) is 0.500. The first-order valence-electron chi connectivity index (χ1n) is 5.93. The molecule has 0 spiro atoms. The molecule has 4 nitrogen and oxygen atoms in total. The number of likely N-dealkylation sites (N-methyl/N-ethyl adjacent to an activating group) is 1. The van der Waals surface area contributed by atoms with Gasteiger partial charge in [-0.3, -0.25) is 0 Å². The molecular weight excluding hydrogens is 293 g/mol. The third kappa shape index (κ3) is 3.94. The predicted octanol–water partition coefficient (Wildman–Crippen LogP) is 1.90. The van der Waals surface area contributed by atoms with Gasteiger partial charge in [-0.25, -0.2) is 13.1 Å². The van der Waals surface area contributed by atoms with Crippen LogP contribution in [0.4, 0.5) is 13.2 Å². The van der Waals surface area contributed by atoms with Crippen LogP contribution >= 0.6 is 0 Å². The van der Waals surface area contributed by atoms with Crippen molar-refractivity contribution in [3.8, 4) is 0 Å². The minimum Gasteiger partial charge on any atom is -0.316 e. The van der Waals surface area contributed by atoms with Gasteiger partial charge in [0.05, 0.1) is 10.5 Å². The SMILES string of the molecule is CNC(C)CNS(=O)(=O)c1cccc(C(F)(F)F)c1C. The van der Waals surface area contributed by atoms with E-state index in [2.05, 4.69) is 10.0 Å². The predicted molar refractivity (Wildman–Crippen MR) is 69.9 cm³/mol. The number of hydrogen-bond acceptors (Lipinski definition) is 3. The molecule has 0 aliphatic carbocycles. The molecule has 0 aliphatic heterocycles. The largest absolute Gasteiger partial charge is 0.416 e. The molecule has 1 aromatic carbocycles. The highest BCUT2D eigenvalue weighted by Gasteiger charge is 2.34. The van der Waals surface area contributed by atoms with Gasteiger partial charge in [-0.15, -0.1) is 0 Å². The second-order valence-corrected chi connectivity index (χ2v) is 6.20. The molecule has 0 saturated carbocycles. The lowest BCUT2D eigenvalue weighted by molar-refractivity contribution is -0.138. The summed E-state index contributed by atoms with van der Waals surface area (Å²) in [7, 11) is -2.31. The quantitative estimate of drug-likeness (QED) is 0.873. The second kappa shape index (κ2) is 6.11. The third-order valence-electron chi connectivity index (χ3n) is 2.95. The molecule has 114 valence electrons. The van der Waals surface area contributed by atoms with Crippen molar-refractivity contribution in [2.45, 2.75) is 31.0 Å². The Balaban J connectivity index is 3.14. The first-order valence-corrected chi connectivity index (χ1v) is 7.41. The van der Waals surface area contributed by atoms with Crippen molar-refractivity contribution < 1.29 is 21.6 Å². The summed E-state index contributed by atoms with van der Waals surface area (Å²) in [5.41, 5.74) is -1.24. The number of sulfonamides is 1. The average Bonchev–Trinajstić information content (AvgIpc) is 2.34. The van der Waals surface area contributed by atoms with E-state index in [1.807, 2.05) is 0 Å². The average molecular weight is 310 g/mol. The molecular formula is C12H17F3N2O2S. The van der Waals surface area contributed by atoms with E-state index in [1.165, 1.54) is 0 Å². The molecule has 1 rings (SSSR count). The van der Waals surface area contributed by atoms with Gasteiger partial charge >= 0.3 is 6.18 Å². The van der Waals surface area contributed by atoms with Gasteiger partial charge in [-0.2, -0.15) is 13.2 Å². The summed E-state index contributed by atoms with van der Waals surface area (Å²) in [6.45, 7) is 2.99. The highest BCUT2D eigenvalue weighted by molar-refractivity contribution is 7.89. The van der Waals surface area contributed by atoms with Crippen LogP contribution in [0.2, 0.25) is 0 Å². The number of hydrogen-bond donors (Lipinski definition) is 2. The Morgan fingerprint density at radius 3 is 2.40 bits per heavy atom. The van der Waals surface area contributed by atoms with Crippen LogP contribution < -0.4 is 10.0 Å². The minimum atomic E-state index is -4.58. The van der Waals surface area contributed by atoms with Crippen molar-refractivity contribution in [1.82, 2.24) is 10.0 Å². The van der Waals surface area contributed by atoms with Crippen LogP contribution in [0.1, 0.15) is 18.1 Å². The van der Waals surface area contributed by atoms with E-state index in [1.54, 1.807) is 14.0 Å². The first-order chi connectivity index (χ1) is 9.09. The number of benzene rings is 1. The van der Waals surface area contributed by atoms with Crippen molar-refractivity contribution >= 4 is 10.0 Å². The fourth-order valence-electron chi connectivity index (χ4n) is 1.63. The Kier molecular flexibility index (Phi) is 5.17. The molecule has 0 aliphatic rings. The molecule has 0 amide bonds. The summed E-state index contributed by atoms with van der Waals surface area (Å²) in [5.74, 6) is 0. The Labute approximate surface area is 116 Å². The van der Waals surface area contributed by atoms with Gasteiger partial charge < -0.3 is 5.32 Å². The molecule has 1 aromatic rings. The van der Waals surface area contributed by atoms with Crippen molar-refractivity contribution in [2.24, 2.45) is 0 Å². The van der Waals surface area contributed by atoms with Gasteiger partial charge in [0.15, 0.2) is 0 Å². The van der Waals surface area contributed by atoms with Gasteiger partial charge in [-0.05, 0) is 38.6 Å². The van der Waals surface area contributed by atoms with Gasteiger partial charge in [0.25, 0.3) is 0 Å². The van der Waals surface area contributed by atoms with Gasteiger partial charge in [0.2, 0.25) is 10.0 Å². The summed E-state index contributed by atoms with van der Waals surface area (Å²) < 4.78 is 64.7. The van der Waals surface area contributed by atoms with Gasteiger partial charge in [0, 0.05) is 12.6 Å². The number of nitrogens with one attached hydrogen (secondary N) is 2. The lowest BCUT2D eigenvalue weighted by atomic mass is 10.1. The van der Waals surface area contributed by atoms with E-state index in [0.717, 1.165) is 25.1 Å². The summed E-state index contributed by atoms with van der Waals surface area (Å²) in [6, 6.07) is 2.99. The minimum absolute atomic E-state index is 0.0918. The summed E-state index contributed by atoms with van der Waals surface area (Å²) in [5, 5.41) is 2.83. The van der Waals surface area contributed by atoms with E-state index in [-0.39, 0.29) is 23.0 Å². The van der Waals surface area contributed by atoms with E-state index < -0.39 is 21.8 Å². The molecule has 0 aromatic heterocycles. The maximum Gasteiger partial charge on any atom is 0.416 e. The molecule has 1 unspecified atom stereocenters. The molecule has 20 heavy (non-hydrogen) atoms. The zero-order chi connectivity index (χ0) is 15.6. The maximum absolute atomic E-state index is 12.8. The van der Waals surface area contributed by atoms with Crippen LogP contribution in [0.25, 0.3) is 0 Å². The van der Waals surface area contributed by atoms with Crippen LogP contribution in [0.15, 0.2) is 23.1 Å². The normalized spacial score (nSPS) is 14.3. The zero-order valence-electron chi connectivity index (χ0n) is 11.4. The molecule has 2 N–H and O–H groups in total. The smallest absolute Gasteiger partial charge is 0.316 e.